The highest BCUT2D eigenvalue weighted by molar-refractivity contribution is 9.09. The summed E-state index contributed by atoms with van der Waals surface area (Å²) in [6, 6.07) is 0. The molecule has 0 aliphatic carbocycles. The van der Waals surface area contributed by atoms with Crippen LogP contribution in [0.4, 0.5) is 0 Å². The van der Waals surface area contributed by atoms with Crippen molar-refractivity contribution in [3.05, 3.63) is 0 Å². The Bertz CT molecular complexity index is 81.1. The van der Waals surface area contributed by atoms with Crippen molar-refractivity contribution in [2.24, 2.45) is 5.92 Å². The van der Waals surface area contributed by atoms with Gasteiger partial charge in [-0.1, -0.05) is 15.9 Å². The average Bonchev–Trinajstić information content (AvgIpc) is 2.37. The molecular formula is C6H11BrO2. The first-order valence-electron chi connectivity index (χ1n) is 3.16. The summed E-state index contributed by atoms with van der Waals surface area (Å²) in [5.41, 5.74) is 0. The number of rotatable bonds is 2. The number of aliphatic hydroxyl groups excluding tert-OH is 1. The van der Waals surface area contributed by atoms with E-state index in [1.165, 1.54) is 0 Å². The highest BCUT2D eigenvalue weighted by atomic mass is 79.9. The van der Waals surface area contributed by atoms with Gasteiger partial charge in [0.15, 0.2) is 0 Å². The first-order valence-corrected chi connectivity index (χ1v) is 4.28. The first-order chi connectivity index (χ1) is 4.34. The molecule has 1 saturated heterocycles. The van der Waals surface area contributed by atoms with Gasteiger partial charge in [0.25, 0.3) is 0 Å². The lowest BCUT2D eigenvalue weighted by Gasteiger charge is -2.11. The van der Waals surface area contributed by atoms with Gasteiger partial charge in [-0.25, -0.2) is 0 Å². The van der Waals surface area contributed by atoms with E-state index in [2.05, 4.69) is 15.9 Å². The van der Waals surface area contributed by atoms with Gasteiger partial charge in [-0.15, -0.1) is 0 Å². The van der Waals surface area contributed by atoms with Gasteiger partial charge >= 0.3 is 0 Å². The second-order valence-electron chi connectivity index (χ2n) is 2.35. The Hall–Kier alpha value is 0.400. The average molecular weight is 195 g/mol. The van der Waals surface area contributed by atoms with Gasteiger partial charge < -0.3 is 9.84 Å². The van der Waals surface area contributed by atoms with Crippen LogP contribution in [0.1, 0.15) is 6.42 Å². The third-order valence-electron chi connectivity index (χ3n) is 1.67. The van der Waals surface area contributed by atoms with E-state index in [1.807, 2.05) is 0 Å². The van der Waals surface area contributed by atoms with E-state index >= 15 is 0 Å². The van der Waals surface area contributed by atoms with Crippen LogP contribution in [0, 0.1) is 5.92 Å². The molecule has 0 radical (unpaired) electrons. The summed E-state index contributed by atoms with van der Waals surface area (Å²) in [6.07, 6.45) is 0.791. The third kappa shape index (κ3) is 1.92. The van der Waals surface area contributed by atoms with E-state index < -0.39 is 0 Å². The van der Waals surface area contributed by atoms with Crippen LogP contribution in [0.5, 0.6) is 0 Å². The monoisotopic (exact) mass is 194 g/mol. The van der Waals surface area contributed by atoms with Crippen molar-refractivity contribution in [2.75, 3.05) is 18.5 Å². The Kier molecular flexibility index (Phi) is 2.95. The largest absolute Gasteiger partial charge is 0.392 e. The number of hydrogen-bond acceptors (Lipinski definition) is 2. The van der Waals surface area contributed by atoms with Crippen molar-refractivity contribution >= 4 is 15.9 Å². The molecule has 1 fully saturated rings. The van der Waals surface area contributed by atoms with Gasteiger partial charge in [-0.05, 0) is 6.42 Å². The molecule has 0 amide bonds. The number of hydrogen-bond donors (Lipinski definition) is 1. The molecule has 54 valence electrons. The summed E-state index contributed by atoms with van der Waals surface area (Å²) >= 11 is 3.22. The molecule has 0 aromatic heterocycles. The van der Waals surface area contributed by atoms with Crippen LogP contribution < -0.4 is 0 Å². The van der Waals surface area contributed by atoms with E-state index in [4.69, 9.17) is 4.74 Å². The molecule has 0 aromatic rings. The van der Waals surface area contributed by atoms with Crippen LogP contribution in [0.25, 0.3) is 0 Å². The summed E-state index contributed by atoms with van der Waals surface area (Å²) in [5.74, 6) is 0.365. The van der Waals surface area contributed by atoms with Crippen molar-refractivity contribution in [3.8, 4) is 0 Å². The molecular weight excluding hydrogens is 184 g/mol. The molecule has 0 aromatic carbocycles. The fourth-order valence-electron chi connectivity index (χ4n) is 0.982. The Labute approximate surface area is 63.3 Å². The van der Waals surface area contributed by atoms with Gasteiger partial charge in [0.2, 0.25) is 0 Å². The molecule has 2 nitrogen and oxygen atoms in total. The van der Waals surface area contributed by atoms with Crippen molar-refractivity contribution in [1.82, 2.24) is 0 Å². The minimum atomic E-state index is -0.215. The van der Waals surface area contributed by atoms with E-state index in [1.54, 1.807) is 0 Å². The van der Waals surface area contributed by atoms with Gasteiger partial charge in [0.1, 0.15) is 0 Å². The van der Waals surface area contributed by atoms with Gasteiger partial charge in [-0.3, -0.25) is 0 Å². The van der Waals surface area contributed by atoms with Crippen molar-refractivity contribution in [3.63, 3.8) is 0 Å². The van der Waals surface area contributed by atoms with Crippen LogP contribution >= 0.6 is 15.9 Å². The Morgan fingerprint density at radius 3 is 3.00 bits per heavy atom. The molecule has 0 saturated carbocycles. The van der Waals surface area contributed by atoms with Gasteiger partial charge in [0, 0.05) is 17.9 Å². The third-order valence-corrected chi connectivity index (χ3v) is 2.33. The molecule has 3 heteroatoms. The Morgan fingerprint density at radius 1 is 1.78 bits per heavy atom. The quantitative estimate of drug-likeness (QED) is 0.659. The molecule has 0 spiro atoms. The lowest BCUT2D eigenvalue weighted by Crippen LogP contribution is -2.21. The zero-order valence-electron chi connectivity index (χ0n) is 5.22. The maximum absolute atomic E-state index is 9.23. The topological polar surface area (TPSA) is 29.5 Å². The summed E-state index contributed by atoms with van der Waals surface area (Å²) in [6.45, 7) is 1.54. The standard InChI is InChI=1S/C6H11BrO2/c7-3-6(8)5-1-2-9-4-5/h5-6,8H,1-4H2. The highest BCUT2D eigenvalue weighted by Gasteiger charge is 2.22. The number of alkyl halides is 1. The van der Waals surface area contributed by atoms with Gasteiger partial charge in [0.05, 0.1) is 12.7 Å². The van der Waals surface area contributed by atoms with Crippen LogP contribution in [-0.2, 0) is 4.74 Å². The van der Waals surface area contributed by atoms with Crippen molar-refractivity contribution in [1.29, 1.82) is 0 Å². The number of aliphatic hydroxyl groups is 1. The summed E-state index contributed by atoms with van der Waals surface area (Å²) in [5, 5.41) is 9.90. The van der Waals surface area contributed by atoms with E-state index in [9.17, 15) is 5.11 Å². The van der Waals surface area contributed by atoms with Crippen molar-refractivity contribution < 1.29 is 9.84 Å². The molecule has 2 atom stereocenters. The molecule has 1 rings (SSSR count). The molecule has 1 heterocycles. The fraction of sp³-hybridized carbons (Fsp3) is 1.00. The number of ether oxygens (including phenoxy) is 1. The Morgan fingerprint density at radius 2 is 2.56 bits per heavy atom. The predicted molar refractivity (Wildman–Crippen MR) is 38.7 cm³/mol. The molecule has 1 N–H and O–H groups in total. The predicted octanol–water partition coefficient (Wildman–Crippen LogP) is 0.779. The van der Waals surface area contributed by atoms with Crippen LogP contribution in [0.15, 0.2) is 0 Å². The van der Waals surface area contributed by atoms with Crippen LogP contribution in [0.3, 0.4) is 0 Å². The lowest BCUT2D eigenvalue weighted by molar-refractivity contribution is 0.110. The zero-order chi connectivity index (χ0) is 6.69. The summed E-state index contributed by atoms with van der Waals surface area (Å²) < 4.78 is 5.10. The smallest absolute Gasteiger partial charge is 0.0687 e. The van der Waals surface area contributed by atoms with Crippen LogP contribution in [0.2, 0.25) is 0 Å². The maximum Gasteiger partial charge on any atom is 0.0687 e. The molecule has 2 unspecified atom stereocenters. The van der Waals surface area contributed by atoms with E-state index in [-0.39, 0.29) is 6.10 Å². The Balaban J connectivity index is 2.24. The molecule has 1 aliphatic heterocycles. The van der Waals surface area contributed by atoms with Crippen molar-refractivity contribution in [2.45, 2.75) is 12.5 Å². The summed E-state index contributed by atoms with van der Waals surface area (Å²) in [7, 11) is 0. The summed E-state index contributed by atoms with van der Waals surface area (Å²) in [4.78, 5) is 0. The van der Waals surface area contributed by atoms with E-state index in [0.29, 0.717) is 11.2 Å². The van der Waals surface area contributed by atoms with E-state index in [0.717, 1.165) is 19.6 Å². The normalized spacial score (nSPS) is 30.7. The maximum atomic E-state index is 9.23. The minimum Gasteiger partial charge on any atom is -0.392 e. The molecule has 1 aliphatic rings. The minimum absolute atomic E-state index is 0.215. The zero-order valence-corrected chi connectivity index (χ0v) is 6.80. The second-order valence-corrected chi connectivity index (χ2v) is 2.99. The highest BCUT2D eigenvalue weighted by Crippen LogP contribution is 2.17. The van der Waals surface area contributed by atoms with Gasteiger partial charge in [-0.2, -0.15) is 0 Å². The fourth-order valence-corrected chi connectivity index (χ4v) is 1.51. The lowest BCUT2D eigenvalue weighted by atomic mass is 10.0. The molecule has 0 bridgehead atoms. The number of halogens is 1. The molecule has 9 heavy (non-hydrogen) atoms. The first kappa shape index (κ1) is 7.51. The SMILES string of the molecule is OC(CBr)C1CCOC1. The second kappa shape index (κ2) is 3.54. The van der Waals surface area contributed by atoms with Crippen LogP contribution in [-0.4, -0.2) is 29.8 Å².